The van der Waals surface area contributed by atoms with E-state index in [9.17, 15) is 0 Å². The maximum absolute atomic E-state index is 5.36. The van der Waals surface area contributed by atoms with Crippen molar-refractivity contribution in [2.75, 3.05) is 6.54 Å². The highest BCUT2D eigenvalue weighted by molar-refractivity contribution is 7.98. The summed E-state index contributed by atoms with van der Waals surface area (Å²) in [7, 11) is 0. The number of hydrogen-bond acceptors (Lipinski definition) is 3. The van der Waals surface area contributed by atoms with E-state index in [1.54, 1.807) is 11.3 Å². The van der Waals surface area contributed by atoms with Crippen LogP contribution in [-0.4, -0.2) is 6.54 Å². The monoisotopic (exact) mass is 273 g/mol. The van der Waals surface area contributed by atoms with Crippen molar-refractivity contribution in [2.24, 2.45) is 5.73 Å². The standard InChI is InChI=1S/C15H15NS2/c1-12-4-6-13(7-5-12)17-11-15-9-8-14(18-15)3-2-10-16/h4-9H,10-11,16H2,1H3. The molecule has 3 heteroatoms. The Morgan fingerprint density at radius 3 is 2.67 bits per heavy atom. The second kappa shape index (κ2) is 6.65. The van der Waals surface area contributed by atoms with Crippen LogP contribution in [0.25, 0.3) is 0 Å². The van der Waals surface area contributed by atoms with Crippen molar-refractivity contribution in [2.45, 2.75) is 17.6 Å². The van der Waals surface area contributed by atoms with Crippen molar-refractivity contribution >= 4 is 23.1 Å². The van der Waals surface area contributed by atoms with Gasteiger partial charge in [0.1, 0.15) is 0 Å². The molecule has 0 radical (unpaired) electrons. The van der Waals surface area contributed by atoms with Crippen LogP contribution in [0.2, 0.25) is 0 Å². The molecular formula is C15H15NS2. The minimum absolute atomic E-state index is 0.422. The van der Waals surface area contributed by atoms with E-state index in [1.807, 2.05) is 11.8 Å². The lowest BCUT2D eigenvalue weighted by molar-refractivity contribution is 1.30. The SMILES string of the molecule is Cc1ccc(SCc2ccc(C#CCN)s2)cc1. The third kappa shape index (κ3) is 3.92. The fraction of sp³-hybridized carbons (Fsp3) is 0.200. The molecule has 1 heterocycles. The molecule has 1 aromatic carbocycles. The number of rotatable bonds is 3. The van der Waals surface area contributed by atoms with Crippen LogP contribution < -0.4 is 5.73 Å². The van der Waals surface area contributed by atoms with Gasteiger partial charge in [-0.25, -0.2) is 0 Å². The lowest BCUT2D eigenvalue weighted by atomic mass is 10.2. The van der Waals surface area contributed by atoms with Gasteiger partial charge in [-0.2, -0.15) is 0 Å². The van der Waals surface area contributed by atoms with Gasteiger partial charge in [-0.1, -0.05) is 29.5 Å². The molecule has 2 aromatic rings. The quantitative estimate of drug-likeness (QED) is 0.682. The zero-order valence-electron chi connectivity index (χ0n) is 10.3. The van der Waals surface area contributed by atoms with Crippen molar-refractivity contribution in [3.05, 3.63) is 51.7 Å². The molecule has 0 saturated carbocycles. The molecule has 1 aromatic heterocycles. The summed E-state index contributed by atoms with van der Waals surface area (Å²) in [5, 5.41) is 0. The first-order chi connectivity index (χ1) is 8.78. The molecule has 0 amide bonds. The highest BCUT2D eigenvalue weighted by atomic mass is 32.2. The summed E-state index contributed by atoms with van der Waals surface area (Å²) in [4.78, 5) is 3.76. The van der Waals surface area contributed by atoms with E-state index in [2.05, 4.69) is 55.2 Å². The van der Waals surface area contributed by atoms with Crippen molar-refractivity contribution < 1.29 is 0 Å². The van der Waals surface area contributed by atoms with E-state index >= 15 is 0 Å². The van der Waals surface area contributed by atoms with Gasteiger partial charge in [0.15, 0.2) is 0 Å². The summed E-state index contributed by atoms with van der Waals surface area (Å²) < 4.78 is 0. The van der Waals surface area contributed by atoms with Crippen LogP contribution in [0.3, 0.4) is 0 Å². The van der Waals surface area contributed by atoms with Crippen LogP contribution >= 0.6 is 23.1 Å². The number of nitrogens with two attached hydrogens (primary N) is 1. The maximum atomic E-state index is 5.36. The predicted molar refractivity (Wildman–Crippen MR) is 81.0 cm³/mol. The molecule has 0 unspecified atom stereocenters. The minimum atomic E-state index is 0.422. The molecule has 18 heavy (non-hydrogen) atoms. The Kier molecular flexibility index (Phi) is 4.89. The van der Waals surface area contributed by atoms with Gasteiger partial charge in [0.05, 0.1) is 11.4 Å². The van der Waals surface area contributed by atoms with Gasteiger partial charge in [0, 0.05) is 15.5 Å². The summed E-state index contributed by atoms with van der Waals surface area (Å²) in [6, 6.07) is 12.8. The molecule has 0 bridgehead atoms. The largest absolute Gasteiger partial charge is 0.320 e. The van der Waals surface area contributed by atoms with Crippen LogP contribution in [0.1, 0.15) is 15.3 Å². The Labute approximate surface area is 116 Å². The van der Waals surface area contributed by atoms with Crippen LogP contribution in [0.15, 0.2) is 41.3 Å². The normalized spacial score (nSPS) is 9.89. The molecule has 0 aliphatic heterocycles. The van der Waals surface area contributed by atoms with E-state index < -0.39 is 0 Å². The Bertz CT molecular complexity index is 558. The lowest BCUT2D eigenvalue weighted by Crippen LogP contribution is -1.92. The van der Waals surface area contributed by atoms with E-state index in [1.165, 1.54) is 15.3 Å². The maximum Gasteiger partial charge on any atom is 0.0772 e. The molecule has 0 spiro atoms. The highest BCUT2D eigenvalue weighted by Gasteiger charge is 1.99. The van der Waals surface area contributed by atoms with Gasteiger partial charge in [-0.05, 0) is 31.2 Å². The molecule has 0 aliphatic carbocycles. The first kappa shape index (κ1) is 13.2. The fourth-order valence-corrected chi connectivity index (χ4v) is 3.27. The average Bonchev–Trinajstić information content (AvgIpc) is 2.84. The van der Waals surface area contributed by atoms with Gasteiger partial charge in [-0.15, -0.1) is 23.1 Å². The number of hydrogen-bond donors (Lipinski definition) is 1. The summed E-state index contributed by atoms with van der Waals surface area (Å²) in [6.45, 7) is 2.53. The molecule has 1 nitrogen and oxygen atoms in total. The van der Waals surface area contributed by atoms with Crippen molar-refractivity contribution in [3.63, 3.8) is 0 Å². The Morgan fingerprint density at radius 1 is 1.17 bits per heavy atom. The van der Waals surface area contributed by atoms with E-state index in [4.69, 9.17) is 5.73 Å². The Balaban J connectivity index is 1.94. The molecule has 0 saturated heterocycles. The molecule has 0 aliphatic rings. The number of thiophene rings is 1. The summed E-state index contributed by atoms with van der Waals surface area (Å²) >= 11 is 3.60. The van der Waals surface area contributed by atoms with Crippen LogP contribution in [0.5, 0.6) is 0 Å². The molecule has 2 N–H and O–H groups in total. The number of thioether (sulfide) groups is 1. The van der Waals surface area contributed by atoms with Crippen LogP contribution in [0.4, 0.5) is 0 Å². The minimum Gasteiger partial charge on any atom is -0.320 e. The Hall–Kier alpha value is -1.21. The average molecular weight is 273 g/mol. The second-order valence-corrected chi connectivity index (χ2v) is 6.09. The molecular weight excluding hydrogens is 258 g/mol. The molecule has 0 atom stereocenters. The molecule has 2 rings (SSSR count). The highest BCUT2D eigenvalue weighted by Crippen LogP contribution is 2.26. The third-order valence-corrected chi connectivity index (χ3v) is 4.62. The Morgan fingerprint density at radius 2 is 1.94 bits per heavy atom. The lowest BCUT2D eigenvalue weighted by Gasteiger charge is -1.99. The van der Waals surface area contributed by atoms with E-state index in [-0.39, 0.29) is 0 Å². The van der Waals surface area contributed by atoms with Crippen LogP contribution in [0, 0.1) is 18.8 Å². The smallest absolute Gasteiger partial charge is 0.0772 e. The van der Waals surface area contributed by atoms with Gasteiger partial charge in [0.2, 0.25) is 0 Å². The van der Waals surface area contributed by atoms with Gasteiger partial charge in [0.25, 0.3) is 0 Å². The molecule has 92 valence electrons. The van der Waals surface area contributed by atoms with Gasteiger partial charge in [-0.3, -0.25) is 0 Å². The molecule has 0 fully saturated rings. The van der Waals surface area contributed by atoms with Crippen LogP contribution in [-0.2, 0) is 5.75 Å². The fourth-order valence-electron chi connectivity index (χ4n) is 1.45. The number of benzene rings is 1. The van der Waals surface area contributed by atoms with Crippen molar-refractivity contribution in [1.29, 1.82) is 0 Å². The third-order valence-electron chi connectivity index (χ3n) is 2.38. The van der Waals surface area contributed by atoms with Crippen molar-refractivity contribution in [1.82, 2.24) is 0 Å². The predicted octanol–water partition coefficient (Wildman–Crippen LogP) is 3.66. The first-order valence-electron chi connectivity index (χ1n) is 5.75. The van der Waals surface area contributed by atoms with E-state index in [0.29, 0.717) is 6.54 Å². The number of aryl methyl sites for hydroxylation is 1. The zero-order valence-corrected chi connectivity index (χ0v) is 11.9. The van der Waals surface area contributed by atoms with Crippen molar-refractivity contribution in [3.8, 4) is 11.8 Å². The van der Waals surface area contributed by atoms with E-state index in [0.717, 1.165) is 10.6 Å². The zero-order chi connectivity index (χ0) is 12.8. The van der Waals surface area contributed by atoms with Gasteiger partial charge >= 0.3 is 0 Å². The summed E-state index contributed by atoms with van der Waals surface area (Å²) in [5.74, 6) is 6.94. The van der Waals surface area contributed by atoms with Gasteiger partial charge < -0.3 is 5.73 Å². The summed E-state index contributed by atoms with van der Waals surface area (Å²) in [5.41, 5.74) is 6.66. The second-order valence-electron chi connectivity index (χ2n) is 3.87. The summed E-state index contributed by atoms with van der Waals surface area (Å²) in [6.07, 6.45) is 0. The topological polar surface area (TPSA) is 26.0 Å². The first-order valence-corrected chi connectivity index (χ1v) is 7.55.